The molecule has 0 saturated carbocycles. The summed E-state index contributed by atoms with van der Waals surface area (Å²) in [6.07, 6.45) is 2.25. The van der Waals surface area contributed by atoms with Crippen LogP contribution >= 0.6 is 0 Å². The van der Waals surface area contributed by atoms with Gasteiger partial charge in [0.25, 0.3) is 0 Å². The molecule has 0 bridgehead atoms. The highest BCUT2D eigenvalue weighted by Gasteiger charge is 2.19. The molecule has 14 heavy (non-hydrogen) atoms. The molecule has 0 aromatic carbocycles. The van der Waals surface area contributed by atoms with E-state index in [0.29, 0.717) is 12.6 Å². The van der Waals surface area contributed by atoms with Gasteiger partial charge in [0.05, 0.1) is 19.3 Å². The van der Waals surface area contributed by atoms with Crippen molar-refractivity contribution in [1.82, 2.24) is 10.2 Å². The molecule has 1 atom stereocenters. The fourth-order valence-corrected chi connectivity index (χ4v) is 1.78. The van der Waals surface area contributed by atoms with E-state index < -0.39 is 0 Å². The van der Waals surface area contributed by atoms with Gasteiger partial charge < -0.3 is 20.2 Å². The normalized spacial score (nSPS) is 22.5. The topological polar surface area (TPSA) is 70.8 Å². The Morgan fingerprint density at radius 2 is 2.21 bits per heavy atom. The van der Waals surface area contributed by atoms with Crippen LogP contribution in [0.1, 0.15) is 12.8 Å². The largest absolute Gasteiger partial charge is 0.395 e. The zero-order valence-electron chi connectivity index (χ0n) is 8.78. The average Bonchev–Trinajstić information content (AvgIpc) is 2.20. The Bertz CT molecular complexity index is 149. The van der Waals surface area contributed by atoms with Crippen molar-refractivity contribution in [3.8, 4) is 0 Å². The summed E-state index contributed by atoms with van der Waals surface area (Å²) in [5.74, 6) is 4.97. The lowest BCUT2D eigenvalue weighted by molar-refractivity contribution is 0.0798. The van der Waals surface area contributed by atoms with E-state index in [9.17, 15) is 0 Å². The van der Waals surface area contributed by atoms with E-state index >= 15 is 0 Å². The summed E-state index contributed by atoms with van der Waals surface area (Å²) in [6.45, 7) is 2.66. The quantitative estimate of drug-likeness (QED) is 0.496. The number of likely N-dealkylation sites (tertiary alicyclic amines) is 1. The maximum Gasteiger partial charge on any atom is 0.0854 e. The summed E-state index contributed by atoms with van der Waals surface area (Å²) in [7, 11) is 2.13. The predicted octanol–water partition coefficient (Wildman–Crippen LogP) is -1.08. The van der Waals surface area contributed by atoms with E-state index in [1.807, 2.05) is 0 Å². The van der Waals surface area contributed by atoms with E-state index in [4.69, 9.17) is 11.0 Å². The lowest BCUT2D eigenvalue weighted by atomic mass is 10.0. The summed E-state index contributed by atoms with van der Waals surface area (Å²) in [6, 6.07) is 0.451. The Labute approximate surface area is 85.2 Å². The number of nitrogens with zero attached hydrogens (tertiary/aromatic N) is 1. The highest BCUT2D eigenvalue weighted by molar-refractivity contribution is 4.79. The van der Waals surface area contributed by atoms with Crippen LogP contribution in [0, 0.1) is 0 Å². The van der Waals surface area contributed by atoms with Gasteiger partial charge in [-0.3, -0.25) is 0 Å². The van der Waals surface area contributed by atoms with E-state index in [1.54, 1.807) is 0 Å². The number of piperidine rings is 1. The minimum absolute atomic E-state index is 0.0339. The molecule has 0 aliphatic carbocycles. The predicted molar refractivity (Wildman–Crippen MR) is 54.7 cm³/mol. The van der Waals surface area contributed by atoms with Gasteiger partial charge in [0.2, 0.25) is 0 Å². The zero-order chi connectivity index (χ0) is 10.4. The third kappa shape index (κ3) is 3.89. The van der Waals surface area contributed by atoms with Crippen LogP contribution in [0.2, 0.25) is 0 Å². The minimum atomic E-state index is -0.0339. The Morgan fingerprint density at radius 3 is 2.71 bits per heavy atom. The van der Waals surface area contributed by atoms with Crippen molar-refractivity contribution < 1.29 is 9.94 Å². The number of nitrogens with one attached hydrogen (secondary N) is 1. The molecule has 4 N–H and O–H groups in total. The summed E-state index contributed by atoms with van der Waals surface area (Å²) in [5.41, 5.74) is 0. The average molecular weight is 203 g/mol. The van der Waals surface area contributed by atoms with Crippen LogP contribution in [0.3, 0.4) is 0 Å². The molecule has 1 aliphatic rings. The third-order valence-corrected chi connectivity index (χ3v) is 2.71. The second-order valence-corrected chi connectivity index (χ2v) is 3.96. The summed E-state index contributed by atoms with van der Waals surface area (Å²) in [5, 5.41) is 12.4. The van der Waals surface area contributed by atoms with Crippen molar-refractivity contribution in [2.45, 2.75) is 24.9 Å². The molecule has 1 saturated heterocycles. The van der Waals surface area contributed by atoms with Crippen molar-refractivity contribution in [3.05, 3.63) is 0 Å². The molecule has 1 rings (SSSR count). The van der Waals surface area contributed by atoms with Crippen LogP contribution in [0.25, 0.3) is 0 Å². The molecule has 1 fully saturated rings. The highest BCUT2D eigenvalue weighted by Crippen LogP contribution is 2.08. The lowest BCUT2D eigenvalue weighted by Crippen LogP contribution is -2.48. The Hall–Kier alpha value is -0.200. The second kappa shape index (κ2) is 6.31. The highest BCUT2D eigenvalue weighted by atomic mass is 16.6. The van der Waals surface area contributed by atoms with Crippen LogP contribution in [0.15, 0.2) is 0 Å². The summed E-state index contributed by atoms with van der Waals surface area (Å²) in [4.78, 5) is 6.84. The molecule has 1 aliphatic heterocycles. The van der Waals surface area contributed by atoms with Crippen LogP contribution in [-0.4, -0.2) is 55.4 Å². The molecule has 0 amide bonds. The van der Waals surface area contributed by atoms with Gasteiger partial charge in [-0.15, -0.1) is 0 Å². The van der Waals surface area contributed by atoms with Gasteiger partial charge in [0.1, 0.15) is 0 Å². The van der Waals surface area contributed by atoms with Gasteiger partial charge in [-0.1, -0.05) is 0 Å². The Kier molecular flexibility index (Phi) is 5.36. The molecular weight excluding hydrogens is 182 g/mol. The van der Waals surface area contributed by atoms with Gasteiger partial charge in [0.15, 0.2) is 0 Å². The zero-order valence-corrected chi connectivity index (χ0v) is 8.78. The van der Waals surface area contributed by atoms with Gasteiger partial charge >= 0.3 is 0 Å². The third-order valence-electron chi connectivity index (χ3n) is 2.71. The van der Waals surface area contributed by atoms with Crippen molar-refractivity contribution in [2.75, 3.05) is 33.4 Å². The molecule has 84 valence electrons. The maximum absolute atomic E-state index is 9.03. The number of rotatable bonds is 5. The molecule has 1 heterocycles. The lowest BCUT2D eigenvalue weighted by Gasteiger charge is -2.31. The van der Waals surface area contributed by atoms with Gasteiger partial charge in [-0.25, -0.2) is 5.90 Å². The van der Waals surface area contributed by atoms with E-state index in [-0.39, 0.29) is 12.6 Å². The fraction of sp³-hybridized carbons (Fsp3) is 1.00. The van der Waals surface area contributed by atoms with Crippen molar-refractivity contribution in [2.24, 2.45) is 5.90 Å². The second-order valence-electron chi connectivity index (χ2n) is 3.96. The SMILES string of the molecule is CN1CCC(NC(CO)CON)CC1. The Morgan fingerprint density at radius 1 is 1.57 bits per heavy atom. The molecule has 0 radical (unpaired) electrons. The van der Waals surface area contributed by atoms with E-state index in [0.717, 1.165) is 25.9 Å². The summed E-state index contributed by atoms with van der Waals surface area (Å²) >= 11 is 0. The Balaban J connectivity index is 2.21. The van der Waals surface area contributed by atoms with E-state index in [1.165, 1.54) is 0 Å². The molecule has 0 aromatic rings. The molecular formula is C9H21N3O2. The number of aliphatic hydroxyl groups is 1. The number of nitrogens with two attached hydrogens (primary N) is 1. The van der Waals surface area contributed by atoms with Crippen LogP contribution in [-0.2, 0) is 4.84 Å². The molecule has 5 nitrogen and oxygen atoms in total. The first-order valence-corrected chi connectivity index (χ1v) is 5.13. The first-order valence-electron chi connectivity index (χ1n) is 5.13. The van der Waals surface area contributed by atoms with Gasteiger partial charge in [-0.05, 0) is 33.0 Å². The fourth-order valence-electron chi connectivity index (χ4n) is 1.78. The standard InChI is InChI=1S/C9H21N3O2/c1-12-4-2-8(3-5-12)11-9(6-13)7-14-10/h8-9,11,13H,2-7,10H2,1H3. The summed E-state index contributed by atoms with van der Waals surface area (Å²) < 4.78 is 0. The first-order chi connectivity index (χ1) is 6.76. The number of hydrogen-bond donors (Lipinski definition) is 3. The van der Waals surface area contributed by atoms with Crippen LogP contribution in [0.5, 0.6) is 0 Å². The maximum atomic E-state index is 9.03. The van der Waals surface area contributed by atoms with Crippen molar-refractivity contribution in [3.63, 3.8) is 0 Å². The molecule has 0 aromatic heterocycles. The van der Waals surface area contributed by atoms with Gasteiger partial charge in [0, 0.05) is 6.04 Å². The molecule has 5 heteroatoms. The monoisotopic (exact) mass is 203 g/mol. The first kappa shape index (κ1) is 11.9. The van der Waals surface area contributed by atoms with Gasteiger partial charge in [-0.2, -0.15) is 0 Å². The van der Waals surface area contributed by atoms with Crippen LogP contribution < -0.4 is 11.2 Å². The van der Waals surface area contributed by atoms with Crippen LogP contribution in [0.4, 0.5) is 0 Å². The number of hydrogen-bond acceptors (Lipinski definition) is 5. The number of aliphatic hydroxyl groups excluding tert-OH is 1. The van der Waals surface area contributed by atoms with Crippen molar-refractivity contribution in [1.29, 1.82) is 0 Å². The molecule has 0 spiro atoms. The smallest absolute Gasteiger partial charge is 0.0854 e. The minimum Gasteiger partial charge on any atom is -0.395 e. The van der Waals surface area contributed by atoms with E-state index in [2.05, 4.69) is 22.1 Å². The molecule has 1 unspecified atom stereocenters. The van der Waals surface area contributed by atoms with Crippen molar-refractivity contribution >= 4 is 0 Å².